The van der Waals surface area contributed by atoms with E-state index in [1.165, 1.54) is 11.1 Å². The average Bonchev–Trinajstić information content (AvgIpc) is 2.91. The minimum absolute atomic E-state index is 0.0781. The maximum absolute atomic E-state index is 4.84. The lowest BCUT2D eigenvalue weighted by Gasteiger charge is -2.15. The van der Waals surface area contributed by atoms with E-state index in [1.807, 2.05) is 17.8 Å². The summed E-state index contributed by atoms with van der Waals surface area (Å²) in [6.45, 7) is 4.42. The van der Waals surface area contributed by atoms with Crippen molar-refractivity contribution in [1.29, 1.82) is 0 Å². The van der Waals surface area contributed by atoms with E-state index in [0.29, 0.717) is 0 Å². The molecule has 21 heavy (non-hydrogen) atoms. The van der Waals surface area contributed by atoms with Gasteiger partial charge in [-0.3, -0.25) is 4.99 Å². The van der Waals surface area contributed by atoms with Crippen molar-refractivity contribution in [2.75, 3.05) is 11.1 Å². The lowest BCUT2D eigenvalue weighted by Crippen LogP contribution is -2.20. The first-order valence-electron chi connectivity index (χ1n) is 7.34. The Morgan fingerprint density at radius 1 is 1.10 bits per heavy atom. The van der Waals surface area contributed by atoms with E-state index in [2.05, 4.69) is 67.7 Å². The second kappa shape index (κ2) is 5.94. The summed E-state index contributed by atoms with van der Waals surface area (Å²) in [5.74, 6) is 1.05. The average molecular weight is 296 g/mol. The fraction of sp³-hybridized carbons (Fsp3) is 0.278. The number of benzene rings is 2. The lowest BCUT2D eigenvalue weighted by atomic mass is 10.0. The smallest absolute Gasteiger partial charge is 0.161 e. The molecule has 1 aliphatic rings. The van der Waals surface area contributed by atoms with Crippen LogP contribution in [0.5, 0.6) is 0 Å². The molecule has 3 rings (SSSR count). The first kappa shape index (κ1) is 14.2. The first-order valence-corrected chi connectivity index (χ1v) is 8.33. The highest BCUT2D eigenvalue weighted by atomic mass is 32.2. The van der Waals surface area contributed by atoms with E-state index in [-0.39, 0.29) is 5.54 Å². The van der Waals surface area contributed by atoms with Crippen LogP contribution in [0.4, 0.5) is 5.69 Å². The van der Waals surface area contributed by atoms with Crippen molar-refractivity contribution in [2.24, 2.45) is 4.99 Å². The van der Waals surface area contributed by atoms with Crippen LogP contribution in [0, 0.1) is 0 Å². The summed E-state index contributed by atoms with van der Waals surface area (Å²) in [5.41, 5.74) is 3.64. The van der Waals surface area contributed by atoms with Gasteiger partial charge in [0.05, 0.1) is 5.54 Å². The van der Waals surface area contributed by atoms with E-state index in [4.69, 9.17) is 4.99 Å². The summed E-state index contributed by atoms with van der Waals surface area (Å²) in [4.78, 5) is 4.84. The van der Waals surface area contributed by atoms with Crippen LogP contribution < -0.4 is 5.32 Å². The van der Waals surface area contributed by atoms with Gasteiger partial charge in [-0.05, 0) is 25.0 Å². The van der Waals surface area contributed by atoms with Gasteiger partial charge >= 0.3 is 0 Å². The van der Waals surface area contributed by atoms with Gasteiger partial charge in [-0.15, -0.1) is 0 Å². The summed E-state index contributed by atoms with van der Waals surface area (Å²) < 4.78 is 0. The molecule has 1 unspecified atom stereocenters. The molecule has 2 aromatic rings. The van der Waals surface area contributed by atoms with Gasteiger partial charge in [0.25, 0.3) is 0 Å². The summed E-state index contributed by atoms with van der Waals surface area (Å²) in [6, 6.07) is 18.9. The number of para-hydroxylation sites is 1. The van der Waals surface area contributed by atoms with Crippen molar-refractivity contribution in [3.8, 4) is 11.1 Å². The van der Waals surface area contributed by atoms with Crippen molar-refractivity contribution in [3.63, 3.8) is 0 Å². The molecule has 0 amide bonds. The van der Waals surface area contributed by atoms with Gasteiger partial charge < -0.3 is 5.32 Å². The van der Waals surface area contributed by atoms with E-state index in [0.717, 1.165) is 23.0 Å². The van der Waals surface area contributed by atoms with Gasteiger partial charge in [-0.2, -0.15) is 0 Å². The summed E-state index contributed by atoms with van der Waals surface area (Å²) in [5, 5.41) is 4.54. The molecular formula is C18H20N2S. The van der Waals surface area contributed by atoms with E-state index in [9.17, 15) is 0 Å². The normalized spacial score (nSPS) is 21.1. The number of aliphatic imine (C=N–C) groups is 1. The Morgan fingerprint density at radius 2 is 1.81 bits per heavy atom. The van der Waals surface area contributed by atoms with Crippen molar-refractivity contribution in [2.45, 2.75) is 25.8 Å². The zero-order chi connectivity index (χ0) is 14.7. The van der Waals surface area contributed by atoms with E-state index < -0.39 is 0 Å². The highest BCUT2D eigenvalue weighted by Crippen LogP contribution is 2.33. The lowest BCUT2D eigenvalue weighted by molar-refractivity contribution is 0.523. The zero-order valence-electron chi connectivity index (χ0n) is 12.5. The second-order valence-corrected chi connectivity index (χ2v) is 6.56. The molecule has 0 radical (unpaired) electrons. The first-order chi connectivity index (χ1) is 10.2. The number of hydrogen-bond acceptors (Lipinski definition) is 3. The molecule has 1 aliphatic heterocycles. The molecule has 0 aromatic heterocycles. The van der Waals surface area contributed by atoms with Crippen LogP contribution in [-0.4, -0.2) is 16.5 Å². The third-order valence-corrected chi connectivity index (χ3v) is 5.14. The highest BCUT2D eigenvalue weighted by molar-refractivity contribution is 8.14. The predicted octanol–water partition coefficient (Wildman–Crippen LogP) is 5.04. The molecule has 2 nitrogen and oxygen atoms in total. The topological polar surface area (TPSA) is 24.4 Å². The number of hydrogen-bond donors (Lipinski definition) is 1. The van der Waals surface area contributed by atoms with Crippen molar-refractivity contribution < 1.29 is 0 Å². The minimum Gasteiger partial charge on any atom is -0.334 e. The van der Waals surface area contributed by atoms with E-state index >= 15 is 0 Å². The van der Waals surface area contributed by atoms with Gasteiger partial charge in [0.15, 0.2) is 5.17 Å². The summed E-state index contributed by atoms with van der Waals surface area (Å²) in [6.07, 6.45) is 1.07. The molecule has 1 N–H and O–H groups in total. The Balaban J connectivity index is 1.89. The summed E-state index contributed by atoms with van der Waals surface area (Å²) >= 11 is 1.81. The number of nitrogens with zero attached hydrogens (tertiary/aromatic N) is 1. The Bertz CT molecular complexity index is 651. The Hall–Kier alpha value is -1.74. The molecule has 1 atom stereocenters. The molecule has 3 heteroatoms. The number of thioether (sulfide) groups is 1. The van der Waals surface area contributed by atoms with Crippen LogP contribution in [0.15, 0.2) is 59.6 Å². The number of amidine groups is 1. The van der Waals surface area contributed by atoms with Crippen molar-refractivity contribution >= 4 is 22.6 Å². The molecule has 0 bridgehead atoms. The highest BCUT2D eigenvalue weighted by Gasteiger charge is 2.28. The fourth-order valence-corrected chi connectivity index (χ4v) is 3.54. The number of nitrogens with one attached hydrogen (secondary N) is 1. The van der Waals surface area contributed by atoms with Gasteiger partial charge in [-0.25, -0.2) is 0 Å². The van der Waals surface area contributed by atoms with Gasteiger partial charge in [0.1, 0.15) is 0 Å². The number of rotatable bonds is 3. The van der Waals surface area contributed by atoms with Crippen LogP contribution in [-0.2, 0) is 0 Å². The van der Waals surface area contributed by atoms with Crippen molar-refractivity contribution in [3.05, 3.63) is 54.6 Å². The molecule has 0 saturated carbocycles. The van der Waals surface area contributed by atoms with Crippen molar-refractivity contribution in [1.82, 2.24) is 0 Å². The van der Waals surface area contributed by atoms with Crippen LogP contribution >= 0.6 is 11.8 Å². The fourth-order valence-electron chi connectivity index (χ4n) is 2.36. The Morgan fingerprint density at radius 3 is 2.52 bits per heavy atom. The van der Waals surface area contributed by atoms with Crippen LogP contribution in [0.1, 0.15) is 20.3 Å². The monoisotopic (exact) mass is 296 g/mol. The third kappa shape index (κ3) is 3.13. The molecule has 0 saturated heterocycles. The maximum Gasteiger partial charge on any atom is 0.161 e. The second-order valence-electron chi connectivity index (χ2n) is 5.59. The molecule has 0 aliphatic carbocycles. The van der Waals surface area contributed by atoms with Crippen LogP contribution in [0.25, 0.3) is 11.1 Å². The third-order valence-electron chi connectivity index (χ3n) is 3.91. The molecule has 108 valence electrons. The summed E-state index contributed by atoms with van der Waals surface area (Å²) in [7, 11) is 0. The Kier molecular flexibility index (Phi) is 4.02. The van der Waals surface area contributed by atoms with Crippen LogP contribution in [0.2, 0.25) is 0 Å². The largest absolute Gasteiger partial charge is 0.334 e. The quantitative estimate of drug-likeness (QED) is 0.858. The molecule has 2 aromatic carbocycles. The maximum atomic E-state index is 4.84. The molecule has 1 heterocycles. The molecule has 0 fully saturated rings. The minimum atomic E-state index is 0.0781. The zero-order valence-corrected chi connectivity index (χ0v) is 13.3. The predicted molar refractivity (Wildman–Crippen MR) is 94.1 cm³/mol. The van der Waals surface area contributed by atoms with Crippen LogP contribution in [0.3, 0.4) is 0 Å². The van der Waals surface area contributed by atoms with Gasteiger partial charge in [-0.1, -0.05) is 67.2 Å². The SMILES string of the molecule is CCC1(C)CSC(Nc2ccccc2-c2ccccc2)=N1. The molecular weight excluding hydrogens is 276 g/mol. The van der Waals surface area contributed by atoms with Gasteiger partial charge in [0.2, 0.25) is 0 Å². The van der Waals surface area contributed by atoms with E-state index in [1.54, 1.807) is 0 Å². The molecule has 0 spiro atoms. The number of anilines is 1. The Labute approximate surface area is 130 Å². The van der Waals surface area contributed by atoms with Gasteiger partial charge in [0, 0.05) is 17.0 Å². The standard InChI is InChI=1S/C18H20N2S/c1-3-18(2)13-21-17(20-18)19-16-12-8-7-11-15(16)14-9-5-4-6-10-14/h4-12H,3,13H2,1-2H3,(H,19,20).